The number of aryl methyl sites for hydroxylation is 1. The van der Waals surface area contributed by atoms with Crippen molar-refractivity contribution in [1.82, 2.24) is 9.78 Å². The third kappa shape index (κ3) is 2.23. The fourth-order valence-corrected chi connectivity index (χ4v) is 2.76. The molecular formula is C11H8ClN3O2S. The lowest BCUT2D eigenvalue weighted by atomic mass is 10.2. The molecule has 0 N–H and O–H groups in total. The van der Waals surface area contributed by atoms with Crippen LogP contribution in [0.5, 0.6) is 0 Å². The summed E-state index contributed by atoms with van der Waals surface area (Å²) in [5, 5.41) is 12.5. The van der Waals surface area contributed by atoms with E-state index in [0.29, 0.717) is 5.69 Å². The first-order chi connectivity index (χ1) is 8.43. The largest absolute Gasteiger partial charge is 0.280 e. The van der Waals surface area contributed by atoms with Gasteiger partial charge in [-0.2, -0.15) is 10.4 Å². The lowest BCUT2D eigenvalue weighted by molar-refractivity contribution is 0.599. The molecule has 0 unspecified atom stereocenters. The lowest BCUT2D eigenvalue weighted by Gasteiger charge is -2.05. The zero-order chi connectivity index (χ0) is 13.3. The molecule has 2 rings (SSSR count). The zero-order valence-electron chi connectivity index (χ0n) is 9.33. The van der Waals surface area contributed by atoms with Crippen LogP contribution < -0.4 is 0 Å². The van der Waals surface area contributed by atoms with Gasteiger partial charge in [0.15, 0.2) is 5.03 Å². The number of nitrogens with zero attached hydrogens (tertiary/aromatic N) is 3. The Morgan fingerprint density at radius 1 is 1.44 bits per heavy atom. The Labute approximate surface area is 109 Å². The predicted octanol–water partition coefficient (Wildman–Crippen LogP) is 1.98. The fraction of sp³-hybridized carbons (Fsp3) is 0.0909. The summed E-state index contributed by atoms with van der Waals surface area (Å²) < 4.78 is 24.2. The van der Waals surface area contributed by atoms with Gasteiger partial charge in [0.2, 0.25) is 0 Å². The highest BCUT2D eigenvalue weighted by molar-refractivity contribution is 8.13. The van der Waals surface area contributed by atoms with Gasteiger partial charge in [-0.05, 0) is 24.6 Å². The minimum Gasteiger partial charge on any atom is -0.220 e. The average Bonchev–Trinajstić information content (AvgIpc) is 2.72. The van der Waals surface area contributed by atoms with E-state index in [4.69, 9.17) is 15.9 Å². The molecule has 0 saturated heterocycles. The molecule has 1 aromatic carbocycles. The molecule has 0 fully saturated rings. The Morgan fingerprint density at radius 3 is 2.72 bits per heavy atom. The maximum Gasteiger partial charge on any atom is 0.280 e. The summed E-state index contributed by atoms with van der Waals surface area (Å²) in [6.45, 7) is 1.87. The van der Waals surface area contributed by atoms with Crippen molar-refractivity contribution in [2.45, 2.75) is 11.9 Å². The van der Waals surface area contributed by atoms with Crippen molar-refractivity contribution >= 4 is 19.7 Å². The van der Waals surface area contributed by atoms with Crippen molar-refractivity contribution < 1.29 is 8.42 Å². The monoisotopic (exact) mass is 281 g/mol. The zero-order valence-corrected chi connectivity index (χ0v) is 10.9. The van der Waals surface area contributed by atoms with Gasteiger partial charge in [0.1, 0.15) is 11.6 Å². The maximum atomic E-state index is 11.5. The van der Waals surface area contributed by atoms with Crippen molar-refractivity contribution in [2.24, 2.45) is 0 Å². The van der Waals surface area contributed by atoms with E-state index < -0.39 is 9.05 Å². The second-order valence-electron chi connectivity index (χ2n) is 3.66. The van der Waals surface area contributed by atoms with Crippen molar-refractivity contribution in [1.29, 1.82) is 5.26 Å². The molecular weight excluding hydrogens is 274 g/mol. The molecule has 0 aliphatic carbocycles. The van der Waals surface area contributed by atoms with Crippen LogP contribution in [0.25, 0.3) is 5.69 Å². The molecule has 5 nitrogen and oxygen atoms in total. The van der Waals surface area contributed by atoms with Crippen LogP contribution in [-0.2, 0) is 9.05 Å². The van der Waals surface area contributed by atoms with Crippen molar-refractivity contribution in [3.8, 4) is 11.8 Å². The third-order valence-electron chi connectivity index (χ3n) is 2.32. The summed E-state index contributed by atoms with van der Waals surface area (Å²) in [5.74, 6) is 0. The number of aromatic nitrogens is 2. The van der Waals surface area contributed by atoms with Crippen molar-refractivity contribution in [2.75, 3.05) is 0 Å². The van der Waals surface area contributed by atoms with E-state index in [2.05, 4.69) is 5.10 Å². The summed E-state index contributed by atoms with van der Waals surface area (Å²) in [6, 6.07) is 8.83. The van der Waals surface area contributed by atoms with Gasteiger partial charge in [-0.3, -0.25) is 0 Å². The first-order valence-electron chi connectivity index (χ1n) is 4.93. The molecule has 0 radical (unpaired) electrons. The van der Waals surface area contributed by atoms with Gasteiger partial charge < -0.3 is 0 Å². The third-order valence-corrected chi connectivity index (χ3v) is 3.62. The highest BCUT2D eigenvalue weighted by Crippen LogP contribution is 2.23. The number of rotatable bonds is 2. The van der Waals surface area contributed by atoms with Crippen LogP contribution in [0.15, 0.2) is 35.5 Å². The van der Waals surface area contributed by atoms with Gasteiger partial charge in [0.25, 0.3) is 9.05 Å². The summed E-state index contributed by atoms with van der Waals surface area (Å²) in [7, 11) is 1.30. The summed E-state index contributed by atoms with van der Waals surface area (Å²) >= 11 is 0. The van der Waals surface area contributed by atoms with E-state index in [1.807, 2.05) is 13.0 Å². The molecule has 1 aromatic heterocycles. The Hall–Kier alpha value is -1.84. The standard InChI is InChI=1S/C11H8ClN3O2S/c1-8-3-2-4-10(5-8)15-11(18(12,16)17)9(6-13)7-14-15/h2-5,7H,1H3. The van der Waals surface area contributed by atoms with E-state index in [1.54, 1.807) is 24.3 Å². The first-order valence-corrected chi connectivity index (χ1v) is 7.24. The van der Waals surface area contributed by atoms with E-state index in [1.165, 1.54) is 6.20 Å². The second kappa shape index (κ2) is 4.44. The minimum atomic E-state index is -4.04. The van der Waals surface area contributed by atoms with E-state index in [9.17, 15) is 8.42 Å². The lowest BCUT2D eigenvalue weighted by Crippen LogP contribution is -2.06. The van der Waals surface area contributed by atoms with Crippen molar-refractivity contribution in [3.05, 3.63) is 41.6 Å². The summed E-state index contributed by atoms with van der Waals surface area (Å²) in [5.41, 5.74) is 1.40. The number of halogens is 1. The topological polar surface area (TPSA) is 75.8 Å². The van der Waals surface area contributed by atoms with E-state index >= 15 is 0 Å². The van der Waals surface area contributed by atoms with Gasteiger partial charge in [0, 0.05) is 10.7 Å². The van der Waals surface area contributed by atoms with Gasteiger partial charge >= 0.3 is 0 Å². The van der Waals surface area contributed by atoms with Crippen LogP contribution >= 0.6 is 10.7 Å². The normalized spacial score (nSPS) is 11.2. The van der Waals surface area contributed by atoms with Gasteiger partial charge in [-0.15, -0.1) is 0 Å². The highest BCUT2D eigenvalue weighted by atomic mass is 35.7. The van der Waals surface area contributed by atoms with E-state index in [-0.39, 0.29) is 10.6 Å². The molecule has 0 aliphatic heterocycles. The molecule has 2 aromatic rings. The SMILES string of the molecule is Cc1cccc(-n2ncc(C#N)c2S(=O)(=O)Cl)c1. The molecule has 0 spiro atoms. The molecule has 18 heavy (non-hydrogen) atoms. The van der Waals surface area contributed by atoms with Crippen LogP contribution in [-0.4, -0.2) is 18.2 Å². The van der Waals surface area contributed by atoms with Crippen LogP contribution in [0, 0.1) is 18.3 Å². The Kier molecular flexibility index (Phi) is 3.11. The average molecular weight is 282 g/mol. The molecule has 0 atom stereocenters. The predicted molar refractivity (Wildman–Crippen MR) is 66.1 cm³/mol. The molecule has 0 amide bonds. The van der Waals surface area contributed by atoms with Crippen LogP contribution in [0.4, 0.5) is 0 Å². The van der Waals surface area contributed by atoms with Crippen LogP contribution in [0.2, 0.25) is 0 Å². The number of benzene rings is 1. The molecule has 0 bridgehead atoms. The van der Waals surface area contributed by atoms with Gasteiger partial charge in [-0.25, -0.2) is 13.1 Å². The summed E-state index contributed by atoms with van der Waals surface area (Å²) in [6.07, 6.45) is 1.18. The van der Waals surface area contributed by atoms with Gasteiger partial charge in [0.05, 0.1) is 11.9 Å². The number of hydrogen-bond donors (Lipinski definition) is 0. The molecule has 1 heterocycles. The van der Waals surface area contributed by atoms with Crippen molar-refractivity contribution in [3.63, 3.8) is 0 Å². The van der Waals surface area contributed by atoms with Crippen LogP contribution in [0.1, 0.15) is 11.1 Å². The van der Waals surface area contributed by atoms with Gasteiger partial charge in [-0.1, -0.05) is 12.1 Å². The second-order valence-corrected chi connectivity index (χ2v) is 6.15. The quantitative estimate of drug-likeness (QED) is 0.789. The molecule has 7 heteroatoms. The highest BCUT2D eigenvalue weighted by Gasteiger charge is 2.23. The fourth-order valence-electron chi connectivity index (χ4n) is 1.59. The van der Waals surface area contributed by atoms with Crippen LogP contribution in [0.3, 0.4) is 0 Å². The molecule has 0 aliphatic rings. The number of hydrogen-bond acceptors (Lipinski definition) is 4. The Bertz CT molecular complexity index is 744. The first kappa shape index (κ1) is 12.6. The summed E-state index contributed by atoms with van der Waals surface area (Å²) in [4.78, 5) is 0. The minimum absolute atomic E-state index is 0.0773. The number of nitriles is 1. The Balaban J connectivity index is 2.75. The smallest absolute Gasteiger partial charge is 0.220 e. The Morgan fingerprint density at radius 2 is 2.17 bits per heavy atom. The van der Waals surface area contributed by atoms with E-state index in [0.717, 1.165) is 10.2 Å². The molecule has 92 valence electrons. The maximum absolute atomic E-state index is 11.5. The molecule has 0 saturated carbocycles.